The number of methoxy groups -OCH3 is 2. The Morgan fingerprint density at radius 3 is 2.48 bits per heavy atom. The van der Waals surface area contributed by atoms with E-state index in [1.807, 2.05) is 12.1 Å². The average Bonchev–Trinajstić information content (AvgIpc) is 3.31. The van der Waals surface area contributed by atoms with Crippen LogP contribution in [0.1, 0.15) is 19.3 Å². The first-order valence-corrected chi connectivity index (χ1v) is 8.88. The number of nitrogen functional groups attached to an aromatic ring is 1. The number of hydrogen-bond acceptors (Lipinski definition) is 7. The highest BCUT2D eigenvalue weighted by molar-refractivity contribution is 5.91. The minimum Gasteiger partial charge on any atom is -0.493 e. The van der Waals surface area contributed by atoms with Crippen molar-refractivity contribution in [2.45, 2.75) is 25.3 Å². The maximum atomic E-state index is 6.21. The summed E-state index contributed by atoms with van der Waals surface area (Å²) in [5.41, 5.74) is 6.99. The van der Waals surface area contributed by atoms with Gasteiger partial charge in [-0.2, -0.15) is 4.98 Å². The van der Waals surface area contributed by atoms with E-state index in [-0.39, 0.29) is 0 Å². The molecule has 2 saturated heterocycles. The van der Waals surface area contributed by atoms with Gasteiger partial charge in [-0.3, -0.25) is 4.90 Å². The van der Waals surface area contributed by atoms with Crippen LogP contribution in [-0.4, -0.2) is 61.3 Å². The summed E-state index contributed by atoms with van der Waals surface area (Å²) in [7, 11) is 3.23. The van der Waals surface area contributed by atoms with Gasteiger partial charge >= 0.3 is 0 Å². The van der Waals surface area contributed by atoms with Gasteiger partial charge in [0.25, 0.3) is 0 Å². The first-order valence-electron chi connectivity index (χ1n) is 8.88. The van der Waals surface area contributed by atoms with Crippen LogP contribution in [0.4, 0.5) is 11.8 Å². The number of likely N-dealkylation sites (tertiary alicyclic amines) is 1. The Morgan fingerprint density at radius 1 is 1.04 bits per heavy atom. The molecule has 0 aliphatic carbocycles. The Hall–Kier alpha value is -2.28. The molecule has 0 saturated carbocycles. The quantitative estimate of drug-likeness (QED) is 0.908. The summed E-state index contributed by atoms with van der Waals surface area (Å²) < 4.78 is 10.7. The van der Waals surface area contributed by atoms with E-state index in [0.717, 1.165) is 30.4 Å². The van der Waals surface area contributed by atoms with Crippen LogP contribution in [0.15, 0.2) is 12.1 Å². The van der Waals surface area contributed by atoms with Crippen molar-refractivity contribution in [1.82, 2.24) is 14.9 Å². The molecule has 1 aromatic carbocycles. The summed E-state index contributed by atoms with van der Waals surface area (Å²) in [6.07, 6.45) is 3.79. The Bertz CT molecular complexity index is 776. The Morgan fingerprint density at radius 2 is 1.76 bits per heavy atom. The van der Waals surface area contributed by atoms with Crippen LogP contribution < -0.4 is 20.1 Å². The van der Waals surface area contributed by atoms with Gasteiger partial charge in [0.05, 0.1) is 19.7 Å². The minimum atomic E-state index is 0.477. The number of nitrogens with zero attached hydrogens (tertiary/aromatic N) is 4. The number of fused-ring (bicyclic) bond motifs is 1. The smallest absolute Gasteiger partial charge is 0.227 e. The molecule has 2 aromatic rings. The second-order valence-electron chi connectivity index (χ2n) is 6.76. The summed E-state index contributed by atoms with van der Waals surface area (Å²) in [5.74, 6) is 2.47. The van der Waals surface area contributed by atoms with E-state index in [2.05, 4.69) is 14.8 Å². The van der Waals surface area contributed by atoms with Crippen LogP contribution in [-0.2, 0) is 0 Å². The van der Waals surface area contributed by atoms with Gasteiger partial charge in [-0.25, -0.2) is 4.98 Å². The second-order valence-corrected chi connectivity index (χ2v) is 6.76. The van der Waals surface area contributed by atoms with E-state index >= 15 is 0 Å². The van der Waals surface area contributed by atoms with Crippen LogP contribution in [0.5, 0.6) is 11.5 Å². The fraction of sp³-hybridized carbons (Fsp3) is 0.556. The third kappa shape index (κ3) is 2.93. The molecule has 4 rings (SSSR count). The zero-order valence-corrected chi connectivity index (χ0v) is 14.9. The van der Waals surface area contributed by atoms with E-state index in [1.54, 1.807) is 14.2 Å². The highest BCUT2D eigenvalue weighted by Gasteiger charge is 2.30. The van der Waals surface area contributed by atoms with Gasteiger partial charge in [0.2, 0.25) is 5.95 Å². The number of aromatic nitrogens is 2. The van der Waals surface area contributed by atoms with Crippen molar-refractivity contribution in [2.75, 3.05) is 51.0 Å². The lowest BCUT2D eigenvalue weighted by atomic mass is 10.2. The van der Waals surface area contributed by atoms with Crippen LogP contribution in [0.3, 0.4) is 0 Å². The van der Waals surface area contributed by atoms with Gasteiger partial charge < -0.3 is 20.1 Å². The van der Waals surface area contributed by atoms with Crippen molar-refractivity contribution in [3.05, 3.63) is 12.1 Å². The fourth-order valence-corrected chi connectivity index (χ4v) is 3.94. The molecular weight excluding hydrogens is 318 g/mol. The van der Waals surface area contributed by atoms with Gasteiger partial charge in [0.15, 0.2) is 11.5 Å². The van der Waals surface area contributed by atoms with E-state index < -0.39 is 0 Å². The molecule has 0 bridgehead atoms. The molecule has 7 nitrogen and oxygen atoms in total. The van der Waals surface area contributed by atoms with E-state index in [1.165, 1.54) is 25.9 Å². The molecule has 0 spiro atoms. The van der Waals surface area contributed by atoms with Crippen LogP contribution >= 0.6 is 0 Å². The number of rotatable bonds is 4. The lowest BCUT2D eigenvalue weighted by molar-refractivity contribution is 0.260. The largest absolute Gasteiger partial charge is 0.493 e. The predicted octanol–water partition coefficient (Wildman–Crippen LogP) is 1.90. The van der Waals surface area contributed by atoms with E-state index in [9.17, 15) is 0 Å². The molecule has 25 heavy (non-hydrogen) atoms. The van der Waals surface area contributed by atoms with E-state index in [4.69, 9.17) is 20.2 Å². The summed E-state index contributed by atoms with van der Waals surface area (Å²) in [6, 6.07) is 4.31. The molecule has 2 aliphatic rings. The van der Waals surface area contributed by atoms with Gasteiger partial charge in [0.1, 0.15) is 5.82 Å². The molecule has 134 valence electrons. The van der Waals surface area contributed by atoms with Crippen molar-refractivity contribution in [1.29, 1.82) is 0 Å². The van der Waals surface area contributed by atoms with Gasteiger partial charge in [-0.05, 0) is 38.4 Å². The van der Waals surface area contributed by atoms with Gasteiger partial charge in [-0.15, -0.1) is 0 Å². The molecule has 1 aromatic heterocycles. The highest BCUT2D eigenvalue weighted by Crippen LogP contribution is 2.34. The predicted molar refractivity (Wildman–Crippen MR) is 98.5 cm³/mol. The molecule has 0 radical (unpaired) electrons. The SMILES string of the molecule is COc1cc2nc(N3CCC(N4CCCC4)C3)nc(N)c2cc1OC. The number of ether oxygens (including phenoxy) is 2. The van der Waals surface area contributed by atoms with Crippen LogP contribution in [0.2, 0.25) is 0 Å². The maximum absolute atomic E-state index is 6.21. The molecule has 2 aliphatic heterocycles. The van der Waals surface area contributed by atoms with Gasteiger partial charge in [-0.1, -0.05) is 0 Å². The maximum Gasteiger partial charge on any atom is 0.227 e. The number of nitrogens with two attached hydrogens (primary N) is 1. The van der Waals surface area contributed by atoms with Gasteiger partial charge in [0, 0.05) is 30.6 Å². The first kappa shape index (κ1) is 16.2. The zero-order valence-electron chi connectivity index (χ0n) is 14.9. The standard InChI is InChI=1S/C18H25N5O2/c1-24-15-9-13-14(10-16(15)25-2)20-18(21-17(13)19)23-8-5-12(11-23)22-6-3-4-7-22/h9-10,12H,3-8,11H2,1-2H3,(H2,19,20,21). The highest BCUT2D eigenvalue weighted by atomic mass is 16.5. The van der Waals surface area contributed by atoms with Crippen molar-refractivity contribution in [3.63, 3.8) is 0 Å². The second kappa shape index (κ2) is 6.55. The molecule has 2 fully saturated rings. The fourth-order valence-electron chi connectivity index (χ4n) is 3.94. The van der Waals surface area contributed by atoms with E-state index in [0.29, 0.717) is 29.3 Å². The Kier molecular flexibility index (Phi) is 4.25. The lowest BCUT2D eigenvalue weighted by Crippen LogP contribution is -2.35. The molecule has 1 atom stereocenters. The monoisotopic (exact) mass is 343 g/mol. The summed E-state index contributed by atoms with van der Waals surface area (Å²) in [5, 5.41) is 0.789. The number of anilines is 2. The van der Waals surface area contributed by atoms with Crippen molar-refractivity contribution in [2.24, 2.45) is 0 Å². The summed E-state index contributed by atoms with van der Waals surface area (Å²) in [6.45, 7) is 4.38. The Labute approximate surface area is 147 Å². The zero-order chi connectivity index (χ0) is 17.4. The molecule has 1 unspecified atom stereocenters. The molecular formula is C18H25N5O2. The van der Waals surface area contributed by atoms with Crippen LogP contribution in [0.25, 0.3) is 10.9 Å². The molecule has 3 heterocycles. The Balaban J connectivity index is 1.64. The third-order valence-electron chi connectivity index (χ3n) is 5.32. The first-order chi connectivity index (χ1) is 12.2. The molecule has 7 heteroatoms. The van der Waals surface area contributed by atoms with Crippen LogP contribution in [0, 0.1) is 0 Å². The topological polar surface area (TPSA) is 76.7 Å². The molecule has 0 amide bonds. The summed E-state index contributed by atoms with van der Waals surface area (Å²) >= 11 is 0. The normalized spacial score (nSPS) is 21.2. The van der Waals surface area contributed by atoms with Crippen molar-refractivity contribution >= 4 is 22.7 Å². The number of benzene rings is 1. The summed E-state index contributed by atoms with van der Waals surface area (Å²) in [4.78, 5) is 14.1. The third-order valence-corrected chi connectivity index (χ3v) is 5.32. The lowest BCUT2D eigenvalue weighted by Gasteiger charge is -2.23. The van der Waals surface area contributed by atoms with Crippen molar-refractivity contribution in [3.8, 4) is 11.5 Å². The minimum absolute atomic E-state index is 0.477. The molecule has 2 N–H and O–H groups in total. The average molecular weight is 343 g/mol. The number of hydrogen-bond donors (Lipinski definition) is 1. The van der Waals surface area contributed by atoms with Crippen molar-refractivity contribution < 1.29 is 9.47 Å².